The SMILES string of the molecule is COc1cc2cc[nH]c2cc1C(=O)C(=O)O. The van der Waals surface area contributed by atoms with Crippen molar-refractivity contribution in [1.29, 1.82) is 0 Å². The molecule has 0 atom stereocenters. The smallest absolute Gasteiger partial charge is 0.377 e. The zero-order chi connectivity index (χ0) is 11.7. The highest BCUT2D eigenvalue weighted by molar-refractivity contribution is 6.40. The number of aliphatic carboxylic acids is 1. The lowest BCUT2D eigenvalue weighted by atomic mass is 10.1. The van der Waals surface area contributed by atoms with Gasteiger partial charge in [0, 0.05) is 17.1 Å². The summed E-state index contributed by atoms with van der Waals surface area (Å²) in [5, 5.41) is 9.52. The second-order valence-corrected chi connectivity index (χ2v) is 3.25. The number of carbonyl (C=O) groups is 2. The Hall–Kier alpha value is -2.30. The molecule has 82 valence electrons. The molecule has 0 radical (unpaired) electrons. The van der Waals surface area contributed by atoms with Crippen molar-refractivity contribution >= 4 is 22.7 Å². The van der Waals surface area contributed by atoms with Crippen LogP contribution in [-0.2, 0) is 4.79 Å². The van der Waals surface area contributed by atoms with Gasteiger partial charge in [-0.05, 0) is 18.2 Å². The summed E-state index contributed by atoms with van der Waals surface area (Å²) < 4.78 is 5.00. The summed E-state index contributed by atoms with van der Waals surface area (Å²) in [6.07, 6.45) is 1.71. The molecule has 5 nitrogen and oxygen atoms in total. The molecule has 0 bridgehead atoms. The van der Waals surface area contributed by atoms with Crippen molar-refractivity contribution in [1.82, 2.24) is 4.98 Å². The summed E-state index contributed by atoms with van der Waals surface area (Å²) in [5.41, 5.74) is 0.746. The number of ether oxygens (including phenoxy) is 1. The molecule has 0 spiro atoms. The predicted octanol–water partition coefficient (Wildman–Crippen LogP) is 1.44. The van der Waals surface area contributed by atoms with E-state index in [1.165, 1.54) is 13.2 Å². The molecular weight excluding hydrogens is 210 g/mol. The third kappa shape index (κ3) is 1.52. The number of methoxy groups -OCH3 is 1. The van der Waals surface area contributed by atoms with Gasteiger partial charge in [-0.2, -0.15) is 0 Å². The number of Topliss-reactive ketones (excluding diaryl/α,β-unsaturated/α-hetero) is 1. The highest BCUT2D eigenvalue weighted by Gasteiger charge is 2.20. The van der Waals surface area contributed by atoms with Crippen LogP contribution < -0.4 is 4.74 Å². The van der Waals surface area contributed by atoms with Crippen LogP contribution in [0.15, 0.2) is 24.4 Å². The number of carboxylic acid groups (broad SMARTS) is 1. The number of ketones is 1. The van der Waals surface area contributed by atoms with Gasteiger partial charge in [-0.15, -0.1) is 0 Å². The van der Waals surface area contributed by atoms with E-state index in [2.05, 4.69) is 4.98 Å². The normalized spacial score (nSPS) is 10.3. The Balaban J connectivity index is 2.65. The van der Waals surface area contributed by atoms with Gasteiger partial charge in [0.05, 0.1) is 12.7 Å². The van der Waals surface area contributed by atoms with Crippen molar-refractivity contribution in [3.05, 3.63) is 30.0 Å². The summed E-state index contributed by atoms with van der Waals surface area (Å²) in [6, 6.07) is 4.92. The van der Waals surface area contributed by atoms with Crippen molar-refractivity contribution in [2.45, 2.75) is 0 Å². The zero-order valence-corrected chi connectivity index (χ0v) is 8.48. The van der Waals surface area contributed by atoms with Crippen molar-refractivity contribution < 1.29 is 19.4 Å². The predicted molar refractivity (Wildman–Crippen MR) is 56.8 cm³/mol. The van der Waals surface area contributed by atoms with Crippen LogP contribution in [0.2, 0.25) is 0 Å². The topological polar surface area (TPSA) is 79.4 Å². The molecule has 16 heavy (non-hydrogen) atoms. The summed E-state index contributed by atoms with van der Waals surface area (Å²) in [7, 11) is 1.40. The Morgan fingerprint density at radius 3 is 2.75 bits per heavy atom. The van der Waals surface area contributed by atoms with Crippen molar-refractivity contribution in [3.8, 4) is 5.75 Å². The number of carbonyl (C=O) groups excluding carboxylic acids is 1. The Kier molecular flexibility index (Phi) is 2.36. The molecule has 0 saturated carbocycles. The van der Waals surface area contributed by atoms with Gasteiger partial charge in [-0.3, -0.25) is 4.79 Å². The standard InChI is InChI=1S/C11H9NO4/c1-16-9-4-6-2-3-12-8(6)5-7(9)10(13)11(14)15/h2-5,12H,1H3,(H,14,15). The Bertz CT molecular complexity index is 570. The molecule has 2 rings (SSSR count). The second-order valence-electron chi connectivity index (χ2n) is 3.25. The van der Waals surface area contributed by atoms with E-state index in [1.807, 2.05) is 6.07 Å². The van der Waals surface area contributed by atoms with Gasteiger partial charge in [0.2, 0.25) is 0 Å². The van der Waals surface area contributed by atoms with E-state index in [0.29, 0.717) is 5.52 Å². The van der Waals surface area contributed by atoms with Gasteiger partial charge >= 0.3 is 5.97 Å². The Morgan fingerprint density at radius 2 is 2.12 bits per heavy atom. The van der Waals surface area contributed by atoms with Crippen molar-refractivity contribution in [2.75, 3.05) is 7.11 Å². The monoisotopic (exact) mass is 219 g/mol. The van der Waals surface area contributed by atoms with Gasteiger partial charge < -0.3 is 14.8 Å². The minimum Gasteiger partial charge on any atom is -0.496 e. The maximum Gasteiger partial charge on any atom is 0.377 e. The molecule has 0 saturated heterocycles. The van der Waals surface area contributed by atoms with E-state index < -0.39 is 11.8 Å². The van der Waals surface area contributed by atoms with E-state index in [1.54, 1.807) is 12.3 Å². The Labute approximate surface area is 90.6 Å². The van der Waals surface area contributed by atoms with Gasteiger partial charge in [0.1, 0.15) is 5.75 Å². The van der Waals surface area contributed by atoms with E-state index >= 15 is 0 Å². The lowest BCUT2D eigenvalue weighted by molar-refractivity contribution is -0.131. The molecule has 0 aliphatic carbocycles. The van der Waals surface area contributed by atoms with Crippen LogP contribution in [-0.4, -0.2) is 29.0 Å². The molecule has 0 amide bonds. The van der Waals surface area contributed by atoms with Crippen LogP contribution in [0.5, 0.6) is 5.75 Å². The molecule has 0 fully saturated rings. The largest absolute Gasteiger partial charge is 0.496 e. The minimum absolute atomic E-state index is 0.0463. The van der Waals surface area contributed by atoms with E-state index in [4.69, 9.17) is 9.84 Å². The van der Waals surface area contributed by atoms with Gasteiger partial charge in [0.25, 0.3) is 5.78 Å². The maximum atomic E-state index is 11.4. The lowest BCUT2D eigenvalue weighted by Crippen LogP contribution is -2.13. The number of H-pyrrole nitrogens is 1. The van der Waals surface area contributed by atoms with Crippen molar-refractivity contribution in [3.63, 3.8) is 0 Å². The van der Waals surface area contributed by atoms with Crippen LogP contribution in [0.3, 0.4) is 0 Å². The molecule has 1 aromatic heterocycles. The first-order valence-corrected chi connectivity index (χ1v) is 4.56. The highest BCUT2D eigenvalue weighted by Crippen LogP contribution is 2.25. The quantitative estimate of drug-likeness (QED) is 0.604. The van der Waals surface area contributed by atoms with Gasteiger partial charge in [-0.25, -0.2) is 4.79 Å². The Morgan fingerprint density at radius 1 is 1.38 bits per heavy atom. The van der Waals surface area contributed by atoms with Crippen LogP contribution in [0.1, 0.15) is 10.4 Å². The summed E-state index contributed by atoms with van der Waals surface area (Å²) in [6.45, 7) is 0. The van der Waals surface area contributed by atoms with Crippen LogP contribution in [0.4, 0.5) is 0 Å². The number of hydrogen-bond acceptors (Lipinski definition) is 3. The van der Waals surface area contributed by atoms with Gasteiger partial charge in [0.15, 0.2) is 0 Å². The molecule has 5 heteroatoms. The molecule has 2 N–H and O–H groups in total. The number of hydrogen-bond donors (Lipinski definition) is 2. The average Bonchev–Trinajstić information content (AvgIpc) is 2.72. The molecule has 2 aromatic rings. The fourth-order valence-corrected chi connectivity index (χ4v) is 1.54. The first-order valence-electron chi connectivity index (χ1n) is 4.56. The first kappa shape index (κ1) is 10.2. The van der Waals surface area contributed by atoms with Crippen LogP contribution in [0, 0.1) is 0 Å². The first-order chi connectivity index (χ1) is 7.63. The number of aromatic amines is 1. The average molecular weight is 219 g/mol. The second kappa shape index (κ2) is 3.69. The minimum atomic E-state index is -1.50. The van der Waals surface area contributed by atoms with Crippen molar-refractivity contribution in [2.24, 2.45) is 0 Å². The molecular formula is C11H9NO4. The summed E-state index contributed by atoms with van der Waals surface area (Å²) in [4.78, 5) is 24.9. The van der Waals surface area contributed by atoms with E-state index in [9.17, 15) is 9.59 Å². The molecule has 1 aromatic carbocycles. The third-order valence-electron chi connectivity index (χ3n) is 2.31. The fourth-order valence-electron chi connectivity index (χ4n) is 1.54. The third-order valence-corrected chi connectivity index (χ3v) is 2.31. The highest BCUT2D eigenvalue weighted by atomic mass is 16.5. The summed E-state index contributed by atoms with van der Waals surface area (Å²) in [5.74, 6) is -2.21. The molecule has 0 aliphatic rings. The fraction of sp³-hybridized carbons (Fsp3) is 0.0909. The van der Waals surface area contributed by atoms with Gasteiger partial charge in [-0.1, -0.05) is 0 Å². The molecule has 1 heterocycles. The molecule has 0 unspecified atom stereocenters. The lowest BCUT2D eigenvalue weighted by Gasteiger charge is -2.05. The number of fused-ring (bicyclic) bond motifs is 1. The number of aromatic nitrogens is 1. The van der Waals surface area contributed by atoms with E-state index in [0.717, 1.165) is 5.39 Å². The van der Waals surface area contributed by atoms with Crippen LogP contribution in [0.25, 0.3) is 10.9 Å². The number of carboxylic acids is 1. The number of rotatable bonds is 3. The van der Waals surface area contributed by atoms with E-state index in [-0.39, 0.29) is 11.3 Å². The molecule has 0 aliphatic heterocycles. The van der Waals surface area contributed by atoms with Crippen LogP contribution >= 0.6 is 0 Å². The maximum absolute atomic E-state index is 11.4. The summed E-state index contributed by atoms with van der Waals surface area (Å²) >= 11 is 0. The zero-order valence-electron chi connectivity index (χ0n) is 8.48. The number of nitrogens with one attached hydrogen (secondary N) is 1. The number of benzene rings is 1.